The van der Waals surface area contributed by atoms with Crippen molar-refractivity contribution in [2.75, 3.05) is 6.67 Å². The minimum absolute atomic E-state index is 0.274. The molecular weight excluding hydrogens is 127 g/mol. The highest BCUT2D eigenvalue weighted by Gasteiger charge is 1.70. The van der Waals surface area contributed by atoms with Crippen LogP contribution in [0.5, 0.6) is 0 Å². The van der Waals surface area contributed by atoms with Crippen LogP contribution in [-0.4, -0.2) is 23.0 Å². The van der Waals surface area contributed by atoms with Crippen LogP contribution in [0.25, 0.3) is 0 Å². The molecule has 0 bridgehead atoms. The van der Waals surface area contributed by atoms with Crippen LogP contribution in [0, 0.1) is 0 Å². The van der Waals surface area contributed by atoms with Gasteiger partial charge in [-0.1, -0.05) is 6.08 Å². The quantitative estimate of drug-likeness (QED) is 0.568. The standard InChI is InChI=1S/C4H7F.CH2O3/c1-2-3-4-5;2-1(3)4/h2H,1,3-4H2;(H2,2,3,4). The van der Waals surface area contributed by atoms with E-state index in [1.807, 2.05) is 0 Å². The molecule has 0 unspecified atom stereocenters. The van der Waals surface area contributed by atoms with Gasteiger partial charge in [0, 0.05) is 0 Å². The molecule has 0 saturated carbocycles. The third-order valence-corrected chi connectivity index (χ3v) is 0.313. The lowest BCUT2D eigenvalue weighted by atomic mass is 10.5. The maximum absolute atomic E-state index is 10.9. The predicted octanol–water partition coefficient (Wildman–Crippen LogP) is 1.75. The van der Waals surface area contributed by atoms with Crippen LogP contribution in [0.2, 0.25) is 0 Å². The highest BCUT2D eigenvalue weighted by Crippen LogP contribution is 1.75. The van der Waals surface area contributed by atoms with Crippen molar-refractivity contribution in [2.24, 2.45) is 0 Å². The number of alkyl halides is 1. The van der Waals surface area contributed by atoms with Crippen LogP contribution in [0.1, 0.15) is 6.42 Å². The van der Waals surface area contributed by atoms with E-state index in [1.165, 1.54) is 0 Å². The van der Waals surface area contributed by atoms with Crippen molar-refractivity contribution in [2.45, 2.75) is 6.42 Å². The lowest BCUT2D eigenvalue weighted by Crippen LogP contribution is -1.81. The number of hydrogen-bond acceptors (Lipinski definition) is 1. The third-order valence-electron chi connectivity index (χ3n) is 0.313. The van der Waals surface area contributed by atoms with E-state index in [9.17, 15) is 4.39 Å². The number of hydrogen-bond donors (Lipinski definition) is 2. The number of halogens is 1. The smallest absolute Gasteiger partial charge is 0.450 e. The predicted molar refractivity (Wildman–Crippen MR) is 31.4 cm³/mol. The maximum Gasteiger partial charge on any atom is 0.503 e. The van der Waals surface area contributed by atoms with Gasteiger partial charge in [-0.2, -0.15) is 0 Å². The second kappa shape index (κ2) is 10.0. The van der Waals surface area contributed by atoms with Crippen molar-refractivity contribution in [1.29, 1.82) is 0 Å². The van der Waals surface area contributed by atoms with Gasteiger partial charge in [-0.15, -0.1) is 6.58 Å². The Morgan fingerprint density at radius 2 is 2.00 bits per heavy atom. The zero-order valence-corrected chi connectivity index (χ0v) is 4.88. The lowest BCUT2D eigenvalue weighted by molar-refractivity contribution is 0.137. The molecule has 0 atom stereocenters. The van der Waals surface area contributed by atoms with Gasteiger partial charge in [0.2, 0.25) is 0 Å². The van der Waals surface area contributed by atoms with E-state index >= 15 is 0 Å². The summed E-state index contributed by atoms with van der Waals surface area (Å²) in [5, 5.41) is 13.9. The average Bonchev–Trinajstić information content (AvgIpc) is 1.66. The molecule has 4 heteroatoms. The molecule has 0 fully saturated rings. The van der Waals surface area contributed by atoms with Crippen molar-refractivity contribution in [3.05, 3.63) is 12.7 Å². The number of rotatable bonds is 2. The van der Waals surface area contributed by atoms with Crippen molar-refractivity contribution in [3.8, 4) is 0 Å². The van der Waals surface area contributed by atoms with Gasteiger partial charge in [0.15, 0.2) is 0 Å². The van der Waals surface area contributed by atoms with Crippen LogP contribution in [0.3, 0.4) is 0 Å². The Kier molecular flexibility index (Phi) is 12.1. The minimum atomic E-state index is -1.83. The Morgan fingerprint density at radius 3 is 2.00 bits per heavy atom. The van der Waals surface area contributed by atoms with Gasteiger partial charge >= 0.3 is 6.16 Å². The van der Waals surface area contributed by atoms with E-state index in [4.69, 9.17) is 15.0 Å². The van der Waals surface area contributed by atoms with Crippen LogP contribution in [0.15, 0.2) is 12.7 Å². The second-order valence-corrected chi connectivity index (χ2v) is 1.05. The largest absolute Gasteiger partial charge is 0.503 e. The minimum Gasteiger partial charge on any atom is -0.450 e. The van der Waals surface area contributed by atoms with Crippen molar-refractivity contribution < 1.29 is 19.4 Å². The molecule has 0 aromatic carbocycles. The third kappa shape index (κ3) is 192. The van der Waals surface area contributed by atoms with E-state index in [-0.39, 0.29) is 6.67 Å². The number of carboxylic acid groups (broad SMARTS) is 2. The molecule has 0 aliphatic carbocycles. The van der Waals surface area contributed by atoms with E-state index in [0.29, 0.717) is 6.42 Å². The molecule has 0 rings (SSSR count). The summed E-state index contributed by atoms with van der Waals surface area (Å²) in [4.78, 5) is 8.56. The number of allylic oxidation sites excluding steroid dienone is 1. The number of carbonyl (C=O) groups is 1. The van der Waals surface area contributed by atoms with Crippen molar-refractivity contribution in [1.82, 2.24) is 0 Å². The first-order valence-corrected chi connectivity index (χ1v) is 2.24. The maximum atomic E-state index is 10.9. The Labute approximate surface area is 52.4 Å². The highest BCUT2D eigenvalue weighted by atomic mass is 19.1. The Balaban J connectivity index is 0. The van der Waals surface area contributed by atoms with Crippen LogP contribution in [0.4, 0.5) is 9.18 Å². The first kappa shape index (κ1) is 10.8. The zero-order valence-electron chi connectivity index (χ0n) is 4.88. The summed E-state index contributed by atoms with van der Waals surface area (Å²) in [5.41, 5.74) is 0. The van der Waals surface area contributed by atoms with E-state index in [0.717, 1.165) is 0 Å². The molecule has 0 saturated heterocycles. The topological polar surface area (TPSA) is 57.5 Å². The van der Waals surface area contributed by atoms with Gasteiger partial charge < -0.3 is 10.2 Å². The van der Waals surface area contributed by atoms with Gasteiger partial charge in [0.05, 0.1) is 6.67 Å². The summed E-state index contributed by atoms with van der Waals surface area (Å²) in [6, 6.07) is 0. The summed E-state index contributed by atoms with van der Waals surface area (Å²) in [5.74, 6) is 0. The van der Waals surface area contributed by atoms with E-state index < -0.39 is 6.16 Å². The Morgan fingerprint density at radius 1 is 1.67 bits per heavy atom. The van der Waals surface area contributed by atoms with Gasteiger partial charge in [0.1, 0.15) is 0 Å². The highest BCUT2D eigenvalue weighted by molar-refractivity contribution is 5.53. The van der Waals surface area contributed by atoms with Crippen LogP contribution < -0.4 is 0 Å². The normalized spacial score (nSPS) is 6.78. The summed E-state index contributed by atoms with van der Waals surface area (Å²) < 4.78 is 10.9. The second-order valence-electron chi connectivity index (χ2n) is 1.05. The first-order valence-electron chi connectivity index (χ1n) is 2.24. The molecule has 3 nitrogen and oxygen atoms in total. The molecule has 0 spiro atoms. The van der Waals surface area contributed by atoms with Gasteiger partial charge in [-0.05, 0) is 6.42 Å². The van der Waals surface area contributed by atoms with Crippen molar-refractivity contribution >= 4 is 6.16 Å². The van der Waals surface area contributed by atoms with Crippen LogP contribution >= 0.6 is 0 Å². The monoisotopic (exact) mass is 136 g/mol. The fraction of sp³-hybridized carbons (Fsp3) is 0.400. The molecule has 9 heavy (non-hydrogen) atoms. The SMILES string of the molecule is C=CCCF.O=C(O)O. The lowest BCUT2D eigenvalue weighted by Gasteiger charge is -1.69. The summed E-state index contributed by atoms with van der Waals surface area (Å²) in [7, 11) is 0. The molecule has 0 radical (unpaired) electrons. The van der Waals surface area contributed by atoms with Gasteiger partial charge in [0.25, 0.3) is 0 Å². The Bertz CT molecular complexity index is 78.3. The Hall–Kier alpha value is -1.06. The molecule has 0 aliphatic rings. The molecule has 0 aromatic rings. The van der Waals surface area contributed by atoms with Gasteiger partial charge in [-0.3, -0.25) is 4.39 Å². The fourth-order valence-corrected chi connectivity index (χ4v) is 0.0772. The summed E-state index contributed by atoms with van der Waals surface area (Å²) >= 11 is 0. The molecule has 0 aliphatic heterocycles. The first-order chi connectivity index (χ1) is 4.15. The average molecular weight is 136 g/mol. The molecule has 0 heterocycles. The molecular formula is C5H9FO3. The summed E-state index contributed by atoms with van der Waals surface area (Å²) in [6.07, 6.45) is 0.208. The molecule has 0 amide bonds. The van der Waals surface area contributed by atoms with E-state index in [1.54, 1.807) is 6.08 Å². The van der Waals surface area contributed by atoms with E-state index in [2.05, 4.69) is 6.58 Å². The fourth-order valence-electron chi connectivity index (χ4n) is 0.0772. The zero-order chi connectivity index (χ0) is 7.70. The molecule has 2 N–H and O–H groups in total. The molecule has 54 valence electrons. The van der Waals surface area contributed by atoms with Crippen molar-refractivity contribution in [3.63, 3.8) is 0 Å². The van der Waals surface area contributed by atoms with Crippen LogP contribution in [-0.2, 0) is 0 Å². The molecule has 0 aromatic heterocycles. The van der Waals surface area contributed by atoms with Gasteiger partial charge in [-0.25, -0.2) is 4.79 Å². The summed E-state index contributed by atoms with van der Waals surface area (Å²) in [6.45, 7) is 3.04.